The van der Waals surface area contributed by atoms with Crippen LogP contribution in [0, 0.1) is 17.0 Å². The van der Waals surface area contributed by atoms with Gasteiger partial charge < -0.3 is 9.64 Å². The highest BCUT2D eigenvalue weighted by molar-refractivity contribution is 7.92. The monoisotopic (exact) mass is 527 g/mol. The van der Waals surface area contributed by atoms with Crippen molar-refractivity contribution in [2.45, 2.75) is 42.9 Å². The number of hydrogen-bond acceptors (Lipinski definition) is 10. The number of benzene rings is 1. The fourth-order valence-corrected chi connectivity index (χ4v) is 6.78. The number of barbiturate groups is 1. The normalized spacial score (nSPS) is 25.7. The molecule has 1 unspecified atom stereocenters. The number of halogens is 2. The van der Waals surface area contributed by atoms with Crippen LogP contribution in [0.25, 0.3) is 10.6 Å². The molecule has 0 saturated carbocycles. The minimum atomic E-state index is -3.73. The fraction of sp³-hybridized carbons (Fsp3) is 0.450. The SMILES string of the molecule is C[C@H]1CN2c3c(cc(-c4nnc(S(C)(=O)=O)s4)c(F)c3F)CC3(C(=O)NC(=O)NC3=O)C2[C@@H](C)O1. The molecule has 186 valence electrons. The Bertz CT molecular complexity index is 1390. The highest BCUT2D eigenvalue weighted by Gasteiger charge is 2.63. The molecular weight excluding hydrogens is 508 g/mol. The lowest BCUT2D eigenvalue weighted by Crippen LogP contribution is -2.75. The summed E-state index contributed by atoms with van der Waals surface area (Å²) in [6.07, 6.45) is -0.645. The molecule has 0 radical (unpaired) electrons. The van der Waals surface area contributed by atoms with E-state index >= 15 is 8.78 Å². The smallest absolute Gasteiger partial charge is 0.328 e. The molecule has 2 saturated heterocycles. The van der Waals surface area contributed by atoms with Crippen molar-refractivity contribution in [3.8, 4) is 10.6 Å². The van der Waals surface area contributed by atoms with Crippen molar-refractivity contribution in [3.05, 3.63) is 23.3 Å². The zero-order valence-corrected chi connectivity index (χ0v) is 20.2. The van der Waals surface area contributed by atoms with Gasteiger partial charge in [-0.25, -0.2) is 22.0 Å². The lowest BCUT2D eigenvalue weighted by Gasteiger charge is -2.55. The number of nitrogens with one attached hydrogen (secondary N) is 2. The summed E-state index contributed by atoms with van der Waals surface area (Å²) in [5, 5.41) is 11.3. The molecule has 2 fully saturated rings. The second-order valence-electron chi connectivity index (χ2n) is 8.84. The molecule has 3 aliphatic rings. The molecule has 2 aromatic rings. The van der Waals surface area contributed by atoms with Crippen LogP contribution in [-0.2, 0) is 30.6 Å². The largest absolute Gasteiger partial charge is 0.372 e. The maximum absolute atomic E-state index is 15.6. The third kappa shape index (κ3) is 3.43. The molecular formula is C20H19F2N5O6S2. The van der Waals surface area contributed by atoms with Crippen LogP contribution in [0.3, 0.4) is 0 Å². The Hall–Kier alpha value is -3.04. The summed E-state index contributed by atoms with van der Waals surface area (Å²) in [5.41, 5.74) is -2.24. The van der Waals surface area contributed by atoms with E-state index in [1.807, 2.05) is 0 Å². The molecule has 15 heteroatoms. The third-order valence-corrected chi connectivity index (χ3v) is 9.05. The van der Waals surface area contributed by atoms with Crippen molar-refractivity contribution >= 4 is 44.7 Å². The number of carbonyl (C=O) groups is 3. The van der Waals surface area contributed by atoms with Gasteiger partial charge >= 0.3 is 6.03 Å². The summed E-state index contributed by atoms with van der Waals surface area (Å²) in [5.74, 6) is -4.26. The first-order valence-electron chi connectivity index (χ1n) is 10.5. The quantitative estimate of drug-likeness (QED) is 0.541. The van der Waals surface area contributed by atoms with Crippen LogP contribution in [0.15, 0.2) is 10.4 Å². The number of anilines is 1. The summed E-state index contributed by atoms with van der Waals surface area (Å²) in [4.78, 5) is 39.6. The highest BCUT2D eigenvalue weighted by Crippen LogP contribution is 2.49. The number of urea groups is 1. The van der Waals surface area contributed by atoms with Crippen molar-refractivity contribution in [1.82, 2.24) is 20.8 Å². The Labute approximate surface area is 201 Å². The average Bonchev–Trinajstić information content (AvgIpc) is 3.24. The molecule has 5 rings (SSSR count). The zero-order chi connectivity index (χ0) is 25.4. The van der Waals surface area contributed by atoms with E-state index in [0.717, 1.165) is 6.26 Å². The van der Waals surface area contributed by atoms with Crippen molar-refractivity contribution in [2.75, 3.05) is 17.7 Å². The summed E-state index contributed by atoms with van der Waals surface area (Å²) in [7, 11) is -3.73. The zero-order valence-electron chi connectivity index (χ0n) is 18.6. The Morgan fingerprint density at radius 2 is 1.80 bits per heavy atom. The van der Waals surface area contributed by atoms with Crippen LogP contribution in [0.4, 0.5) is 19.3 Å². The number of fused-ring (bicyclic) bond motifs is 4. The number of imide groups is 2. The molecule has 0 aliphatic carbocycles. The van der Waals surface area contributed by atoms with Crippen molar-refractivity contribution in [1.29, 1.82) is 0 Å². The van der Waals surface area contributed by atoms with E-state index in [9.17, 15) is 22.8 Å². The van der Waals surface area contributed by atoms with Crippen molar-refractivity contribution < 1.29 is 36.3 Å². The fourth-order valence-electron chi connectivity index (χ4n) is 5.16. The molecule has 4 amide bonds. The molecule has 35 heavy (non-hydrogen) atoms. The first kappa shape index (κ1) is 23.7. The van der Waals surface area contributed by atoms with Crippen LogP contribution < -0.4 is 15.5 Å². The number of carbonyl (C=O) groups excluding carboxylic acids is 3. The van der Waals surface area contributed by atoms with E-state index in [0.29, 0.717) is 11.3 Å². The average molecular weight is 528 g/mol. The molecule has 2 N–H and O–H groups in total. The van der Waals surface area contributed by atoms with Crippen LogP contribution >= 0.6 is 11.3 Å². The van der Waals surface area contributed by atoms with E-state index in [1.165, 1.54) is 11.0 Å². The summed E-state index contributed by atoms with van der Waals surface area (Å²) in [6, 6.07) is -0.772. The van der Waals surface area contributed by atoms with Gasteiger partial charge in [0.1, 0.15) is 0 Å². The van der Waals surface area contributed by atoms with Gasteiger partial charge in [0.15, 0.2) is 22.1 Å². The molecule has 0 bridgehead atoms. The van der Waals surface area contributed by atoms with Gasteiger partial charge in [0, 0.05) is 19.2 Å². The number of rotatable bonds is 2. The number of morpholine rings is 1. The van der Waals surface area contributed by atoms with Crippen molar-refractivity contribution in [3.63, 3.8) is 0 Å². The maximum Gasteiger partial charge on any atom is 0.328 e. The summed E-state index contributed by atoms with van der Waals surface area (Å²) < 4.78 is 60.0. The predicted molar refractivity (Wildman–Crippen MR) is 117 cm³/mol. The number of amides is 4. The van der Waals surface area contributed by atoms with Gasteiger partial charge in [-0.3, -0.25) is 20.2 Å². The second-order valence-corrected chi connectivity index (χ2v) is 12.0. The predicted octanol–water partition coefficient (Wildman–Crippen LogP) is 0.777. The number of ether oxygens (including phenoxy) is 1. The molecule has 11 nitrogen and oxygen atoms in total. The Morgan fingerprint density at radius 3 is 2.40 bits per heavy atom. The van der Waals surface area contributed by atoms with Gasteiger partial charge in [0.25, 0.3) is 0 Å². The maximum atomic E-state index is 15.6. The van der Waals surface area contributed by atoms with Crippen molar-refractivity contribution in [2.24, 2.45) is 5.41 Å². The van der Waals surface area contributed by atoms with Gasteiger partial charge in [0.2, 0.25) is 26.0 Å². The van der Waals surface area contributed by atoms with E-state index in [1.54, 1.807) is 13.8 Å². The molecule has 1 aromatic heterocycles. The lowest BCUT2D eigenvalue weighted by molar-refractivity contribution is -0.153. The second kappa shape index (κ2) is 7.73. The first-order valence-corrected chi connectivity index (χ1v) is 13.2. The number of aromatic nitrogens is 2. The molecule has 1 aromatic carbocycles. The third-order valence-electron chi connectivity index (χ3n) is 6.42. The molecule has 3 atom stereocenters. The molecule has 1 spiro atoms. The number of hydrogen-bond donors (Lipinski definition) is 2. The number of nitrogens with zero attached hydrogens (tertiary/aromatic N) is 3. The topological polar surface area (TPSA) is 148 Å². The molecule has 4 heterocycles. The van der Waals surface area contributed by atoms with Crippen LogP contribution in [0.2, 0.25) is 0 Å². The van der Waals surface area contributed by atoms with Gasteiger partial charge in [0.05, 0.1) is 29.5 Å². The van der Waals surface area contributed by atoms with Gasteiger partial charge in [-0.15, -0.1) is 10.2 Å². The summed E-state index contributed by atoms with van der Waals surface area (Å²) >= 11 is 0.565. The number of sulfone groups is 1. The van der Waals surface area contributed by atoms with Gasteiger partial charge in [-0.05, 0) is 25.5 Å². The Morgan fingerprint density at radius 1 is 1.14 bits per heavy atom. The van der Waals surface area contributed by atoms with Crippen LogP contribution in [-0.4, -0.2) is 67.5 Å². The summed E-state index contributed by atoms with van der Waals surface area (Å²) in [6.45, 7) is 3.38. The molecule has 3 aliphatic heterocycles. The van der Waals surface area contributed by atoms with Crippen LogP contribution in [0.5, 0.6) is 0 Å². The Balaban J connectivity index is 1.73. The van der Waals surface area contributed by atoms with E-state index in [4.69, 9.17) is 4.74 Å². The van der Waals surface area contributed by atoms with E-state index < -0.39 is 63.0 Å². The minimum Gasteiger partial charge on any atom is -0.372 e. The highest BCUT2D eigenvalue weighted by atomic mass is 32.2. The standard InChI is InChI=1S/C20H19F2N5O6S2/c1-7-6-27-13-9(4-10(11(21)12(13)22)15-25-26-19(34-15)35(3,31)32)5-20(14(27)8(2)33-7)16(28)23-18(30)24-17(20)29/h4,7-8,14H,5-6H2,1-3H3,(H2,23,24,28,29,30)/t7-,8+,14?/m0/s1. The minimum absolute atomic E-state index is 0.0466. The van der Waals surface area contributed by atoms with E-state index in [-0.39, 0.29) is 39.1 Å². The Kier molecular flexibility index (Phi) is 5.23. The lowest BCUT2D eigenvalue weighted by atomic mass is 9.66. The van der Waals surface area contributed by atoms with Gasteiger partial charge in [-0.2, -0.15) is 0 Å². The van der Waals surface area contributed by atoms with Crippen LogP contribution in [0.1, 0.15) is 19.4 Å². The first-order chi connectivity index (χ1) is 16.3. The van der Waals surface area contributed by atoms with E-state index in [2.05, 4.69) is 20.8 Å². The van der Waals surface area contributed by atoms with Gasteiger partial charge in [-0.1, -0.05) is 11.3 Å².